The minimum atomic E-state index is 0.0210. The molecule has 0 bridgehead atoms. The Morgan fingerprint density at radius 1 is 0.963 bits per heavy atom. The standard InChI is InChI=1S/C23H28N2O2/c26-23(25-16-6-11-22(25)19-7-2-1-3-8-19)24-17-18-12-14-21(15-13-18)27-20-9-4-5-10-20/h1-3,7-8,12-15,20,22H,4-6,9-11,16-17H2,(H,24,26). The fraction of sp³-hybridized carbons (Fsp3) is 0.435. The largest absolute Gasteiger partial charge is 0.490 e. The first-order chi connectivity index (χ1) is 13.3. The van der Waals surface area contributed by atoms with Crippen LogP contribution in [0.4, 0.5) is 4.79 Å². The fourth-order valence-corrected chi connectivity index (χ4v) is 4.20. The maximum absolute atomic E-state index is 12.7. The topological polar surface area (TPSA) is 41.6 Å². The smallest absolute Gasteiger partial charge is 0.318 e. The van der Waals surface area contributed by atoms with Crippen LogP contribution in [0.1, 0.15) is 55.7 Å². The predicted molar refractivity (Wildman–Crippen MR) is 107 cm³/mol. The van der Waals surface area contributed by atoms with Crippen molar-refractivity contribution in [2.24, 2.45) is 0 Å². The molecule has 2 aliphatic rings. The third-order valence-corrected chi connectivity index (χ3v) is 5.67. The molecule has 0 spiro atoms. The molecule has 4 nitrogen and oxygen atoms in total. The highest BCUT2D eigenvalue weighted by atomic mass is 16.5. The molecule has 1 atom stereocenters. The number of urea groups is 1. The van der Waals surface area contributed by atoms with Crippen molar-refractivity contribution in [1.29, 1.82) is 0 Å². The van der Waals surface area contributed by atoms with E-state index < -0.39 is 0 Å². The van der Waals surface area contributed by atoms with Crippen molar-refractivity contribution in [3.63, 3.8) is 0 Å². The molecule has 2 aromatic carbocycles. The predicted octanol–water partition coefficient (Wildman–Crippen LogP) is 5.05. The van der Waals surface area contributed by atoms with E-state index in [4.69, 9.17) is 4.74 Å². The summed E-state index contributed by atoms with van der Waals surface area (Å²) < 4.78 is 6.00. The summed E-state index contributed by atoms with van der Waals surface area (Å²) in [6, 6.07) is 18.7. The van der Waals surface area contributed by atoms with E-state index in [9.17, 15) is 4.79 Å². The first-order valence-corrected chi connectivity index (χ1v) is 10.1. The molecular weight excluding hydrogens is 336 g/mol. The lowest BCUT2D eigenvalue weighted by atomic mass is 10.1. The maximum Gasteiger partial charge on any atom is 0.318 e. The molecule has 2 aromatic rings. The third kappa shape index (κ3) is 4.44. The molecule has 0 radical (unpaired) electrons. The number of ether oxygens (including phenoxy) is 1. The van der Waals surface area contributed by atoms with Crippen LogP contribution >= 0.6 is 0 Å². The average Bonchev–Trinajstić information content (AvgIpc) is 3.40. The highest BCUT2D eigenvalue weighted by molar-refractivity contribution is 5.75. The van der Waals surface area contributed by atoms with Gasteiger partial charge in [-0.3, -0.25) is 0 Å². The number of nitrogens with zero attached hydrogens (tertiary/aromatic N) is 1. The highest BCUT2D eigenvalue weighted by Crippen LogP contribution is 2.31. The minimum Gasteiger partial charge on any atom is -0.490 e. The summed E-state index contributed by atoms with van der Waals surface area (Å²) in [4.78, 5) is 14.7. The molecule has 1 aliphatic carbocycles. The lowest BCUT2D eigenvalue weighted by molar-refractivity contribution is 0.192. The van der Waals surface area contributed by atoms with Crippen molar-refractivity contribution < 1.29 is 9.53 Å². The summed E-state index contributed by atoms with van der Waals surface area (Å²) in [5.74, 6) is 0.931. The van der Waals surface area contributed by atoms with Gasteiger partial charge in [-0.25, -0.2) is 4.79 Å². The van der Waals surface area contributed by atoms with Gasteiger partial charge >= 0.3 is 6.03 Å². The number of nitrogens with one attached hydrogen (secondary N) is 1. The van der Waals surface area contributed by atoms with Crippen molar-refractivity contribution in [1.82, 2.24) is 10.2 Å². The number of amides is 2. The number of hydrogen-bond acceptors (Lipinski definition) is 2. The van der Waals surface area contributed by atoms with Crippen LogP contribution in [0.5, 0.6) is 5.75 Å². The summed E-state index contributed by atoms with van der Waals surface area (Å²) >= 11 is 0. The Morgan fingerprint density at radius 2 is 1.70 bits per heavy atom. The van der Waals surface area contributed by atoms with Gasteiger partial charge < -0.3 is 15.0 Å². The molecule has 1 N–H and O–H groups in total. The van der Waals surface area contributed by atoms with E-state index in [2.05, 4.69) is 17.4 Å². The summed E-state index contributed by atoms with van der Waals surface area (Å²) in [7, 11) is 0. The number of carbonyl (C=O) groups excluding carboxylic acids is 1. The summed E-state index contributed by atoms with van der Waals surface area (Å²) in [5, 5.41) is 3.08. The van der Waals surface area contributed by atoms with Crippen LogP contribution in [-0.4, -0.2) is 23.6 Å². The van der Waals surface area contributed by atoms with Gasteiger partial charge in [-0.1, -0.05) is 42.5 Å². The fourth-order valence-electron chi connectivity index (χ4n) is 4.20. The first kappa shape index (κ1) is 17.9. The molecule has 1 saturated heterocycles. The molecule has 1 unspecified atom stereocenters. The Kier molecular flexibility index (Phi) is 5.61. The van der Waals surface area contributed by atoms with Crippen molar-refractivity contribution in [3.05, 3.63) is 65.7 Å². The van der Waals surface area contributed by atoms with Crippen molar-refractivity contribution in [2.75, 3.05) is 6.54 Å². The number of benzene rings is 2. The second kappa shape index (κ2) is 8.47. The van der Waals surface area contributed by atoms with Gasteiger partial charge in [0, 0.05) is 13.1 Å². The molecule has 1 aliphatic heterocycles. The molecule has 4 rings (SSSR count). The molecule has 1 heterocycles. The highest BCUT2D eigenvalue weighted by Gasteiger charge is 2.29. The molecule has 1 saturated carbocycles. The van der Waals surface area contributed by atoms with Gasteiger partial charge in [-0.2, -0.15) is 0 Å². The normalized spacial score (nSPS) is 20.0. The van der Waals surface area contributed by atoms with Crippen LogP contribution in [0, 0.1) is 0 Å². The minimum absolute atomic E-state index is 0.0210. The number of likely N-dealkylation sites (tertiary alicyclic amines) is 1. The number of rotatable bonds is 5. The maximum atomic E-state index is 12.7. The lowest BCUT2D eigenvalue weighted by Crippen LogP contribution is -2.39. The van der Waals surface area contributed by atoms with Crippen LogP contribution in [0.3, 0.4) is 0 Å². The van der Waals surface area contributed by atoms with Gasteiger partial charge in [-0.15, -0.1) is 0 Å². The quantitative estimate of drug-likeness (QED) is 0.806. The van der Waals surface area contributed by atoms with Gasteiger partial charge in [0.25, 0.3) is 0 Å². The van der Waals surface area contributed by atoms with Crippen molar-refractivity contribution in [2.45, 2.75) is 57.2 Å². The van der Waals surface area contributed by atoms with E-state index in [0.29, 0.717) is 12.6 Å². The van der Waals surface area contributed by atoms with Crippen LogP contribution < -0.4 is 10.1 Å². The Labute approximate surface area is 161 Å². The van der Waals surface area contributed by atoms with E-state index in [1.165, 1.54) is 18.4 Å². The lowest BCUT2D eigenvalue weighted by Gasteiger charge is -2.25. The van der Waals surface area contributed by atoms with E-state index in [1.807, 2.05) is 47.4 Å². The Bertz CT molecular complexity index is 739. The van der Waals surface area contributed by atoms with Crippen LogP contribution in [0.2, 0.25) is 0 Å². The zero-order valence-corrected chi connectivity index (χ0v) is 15.8. The van der Waals surface area contributed by atoms with Crippen molar-refractivity contribution >= 4 is 6.03 Å². The van der Waals surface area contributed by atoms with Gasteiger partial charge in [0.15, 0.2) is 0 Å². The Hall–Kier alpha value is -2.49. The van der Waals surface area contributed by atoms with Gasteiger partial charge in [0.2, 0.25) is 0 Å². The number of carbonyl (C=O) groups is 1. The summed E-state index contributed by atoms with van der Waals surface area (Å²) in [6.45, 7) is 1.36. The van der Waals surface area contributed by atoms with Gasteiger partial charge in [0.05, 0.1) is 12.1 Å². The van der Waals surface area contributed by atoms with Gasteiger partial charge in [-0.05, 0) is 61.8 Å². The van der Waals surface area contributed by atoms with Crippen LogP contribution in [-0.2, 0) is 6.54 Å². The molecule has 142 valence electrons. The molecule has 2 amide bonds. The molecule has 0 aromatic heterocycles. The molecule has 2 fully saturated rings. The molecule has 4 heteroatoms. The zero-order valence-electron chi connectivity index (χ0n) is 15.8. The van der Waals surface area contributed by atoms with Crippen LogP contribution in [0.15, 0.2) is 54.6 Å². The van der Waals surface area contributed by atoms with E-state index >= 15 is 0 Å². The Balaban J connectivity index is 1.30. The Morgan fingerprint density at radius 3 is 2.44 bits per heavy atom. The molecular formula is C23H28N2O2. The SMILES string of the molecule is O=C(NCc1ccc(OC2CCCC2)cc1)N1CCCC1c1ccccc1. The number of hydrogen-bond donors (Lipinski definition) is 1. The van der Waals surface area contributed by atoms with E-state index in [1.54, 1.807) is 0 Å². The van der Waals surface area contributed by atoms with Crippen molar-refractivity contribution in [3.8, 4) is 5.75 Å². The second-order valence-corrected chi connectivity index (χ2v) is 7.59. The first-order valence-electron chi connectivity index (χ1n) is 10.1. The zero-order chi connectivity index (χ0) is 18.5. The summed E-state index contributed by atoms with van der Waals surface area (Å²) in [6.07, 6.45) is 7.34. The summed E-state index contributed by atoms with van der Waals surface area (Å²) in [5.41, 5.74) is 2.32. The average molecular weight is 364 g/mol. The molecule has 27 heavy (non-hydrogen) atoms. The monoisotopic (exact) mass is 364 g/mol. The second-order valence-electron chi connectivity index (χ2n) is 7.59. The van der Waals surface area contributed by atoms with E-state index in [0.717, 1.165) is 43.5 Å². The van der Waals surface area contributed by atoms with Gasteiger partial charge in [0.1, 0.15) is 5.75 Å². The van der Waals surface area contributed by atoms with E-state index in [-0.39, 0.29) is 12.1 Å². The third-order valence-electron chi connectivity index (χ3n) is 5.67. The van der Waals surface area contributed by atoms with Crippen LogP contribution in [0.25, 0.3) is 0 Å².